The summed E-state index contributed by atoms with van der Waals surface area (Å²) < 4.78 is 33.9. The summed E-state index contributed by atoms with van der Waals surface area (Å²) in [6.07, 6.45) is 5.40. The number of carbonyl (C=O) groups is 2. The lowest BCUT2D eigenvalue weighted by Crippen LogP contribution is -2.54. The van der Waals surface area contributed by atoms with Crippen LogP contribution in [0.25, 0.3) is 11.3 Å². The number of nitrogens with one attached hydrogen (secondary N) is 1. The molecule has 6 nitrogen and oxygen atoms in total. The molecule has 2 aromatic rings. The van der Waals surface area contributed by atoms with Gasteiger partial charge in [0, 0.05) is 30.5 Å². The van der Waals surface area contributed by atoms with Gasteiger partial charge in [-0.05, 0) is 49.7 Å². The Morgan fingerprint density at radius 1 is 1.18 bits per heavy atom. The molecule has 0 saturated carbocycles. The molecular formula is C29H41F2N3O3S. The maximum Gasteiger partial charge on any atom is 0.245 e. The molecule has 1 aromatic heterocycles. The van der Waals surface area contributed by atoms with Crippen LogP contribution in [0.5, 0.6) is 5.75 Å². The van der Waals surface area contributed by atoms with Crippen LogP contribution in [0.3, 0.4) is 0 Å². The average molecular weight is 550 g/mol. The predicted molar refractivity (Wildman–Crippen MR) is 147 cm³/mol. The highest BCUT2D eigenvalue weighted by atomic mass is 32.1. The van der Waals surface area contributed by atoms with Gasteiger partial charge in [0.05, 0.1) is 17.3 Å². The lowest BCUT2D eigenvalue weighted by molar-refractivity contribution is -0.138. The third-order valence-electron chi connectivity index (χ3n) is 6.89. The van der Waals surface area contributed by atoms with Crippen LogP contribution in [-0.4, -0.2) is 47.4 Å². The highest BCUT2D eigenvalue weighted by Gasteiger charge is 2.37. The molecule has 0 aliphatic carbocycles. The molecular weight excluding hydrogens is 508 g/mol. The molecule has 2 atom stereocenters. The van der Waals surface area contributed by atoms with Crippen molar-refractivity contribution in [2.75, 3.05) is 19.7 Å². The van der Waals surface area contributed by atoms with Crippen molar-refractivity contribution in [3.8, 4) is 17.0 Å². The van der Waals surface area contributed by atoms with E-state index in [2.05, 4.69) is 17.2 Å². The number of nitrogens with zero attached hydrogens (tertiary/aromatic N) is 2. The maximum atomic E-state index is 14.4. The van der Waals surface area contributed by atoms with Crippen LogP contribution < -0.4 is 10.1 Å². The van der Waals surface area contributed by atoms with Crippen molar-refractivity contribution in [3.05, 3.63) is 34.2 Å². The van der Waals surface area contributed by atoms with Gasteiger partial charge in [-0.15, -0.1) is 11.3 Å². The lowest BCUT2D eigenvalue weighted by Gasteiger charge is -2.33. The minimum Gasteiger partial charge on any atom is -0.490 e. The van der Waals surface area contributed by atoms with Gasteiger partial charge in [-0.1, -0.05) is 47.0 Å². The van der Waals surface area contributed by atoms with E-state index in [0.717, 1.165) is 56.3 Å². The van der Waals surface area contributed by atoms with Gasteiger partial charge in [0.1, 0.15) is 6.04 Å². The fourth-order valence-electron chi connectivity index (χ4n) is 4.65. The molecule has 0 bridgehead atoms. The zero-order valence-corrected chi connectivity index (χ0v) is 24.1. The number of aromatic nitrogens is 1. The van der Waals surface area contributed by atoms with Gasteiger partial charge in [0.25, 0.3) is 0 Å². The van der Waals surface area contributed by atoms with Gasteiger partial charge in [0.15, 0.2) is 11.6 Å². The number of benzene rings is 1. The van der Waals surface area contributed by atoms with Gasteiger partial charge in [-0.25, -0.2) is 9.37 Å². The number of rotatable bonds is 12. The molecule has 210 valence electrons. The highest BCUT2D eigenvalue weighted by Crippen LogP contribution is 2.34. The second kappa shape index (κ2) is 13.5. The number of amides is 2. The van der Waals surface area contributed by atoms with Crippen LogP contribution in [-0.2, 0) is 9.59 Å². The van der Waals surface area contributed by atoms with E-state index in [0.29, 0.717) is 30.0 Å². The van der Waals surface area contributed by atoms with E-state index in [1.54, 1.807) is 5.38 Å². The Bertz CT molecular complexity index is 1100. The van der Waals surface area contributed by atoms with Crippen molar-refractivity contribution >= 4 is 23.2 Å². The van der Waals surface area contributed by atoms with E-state index < -0.39 is 17.7 Å². The van der Waals surface area contributed by atoms with Crippen molar-refractivity contribution in [1.29, 1.82) is 0 Å². The molecule has 1 aliphatic heterocycles. The van der Waals surface area contributed by atoms with E-state index in [1.807, 2.05) is 32.6 Å². The van der Waals surface area contributed by atoms with Crippen LogP contribution in [0.4, 0.5) is 8.78 Å². The van der Waals surface area contributed by atoms with Gasteiger partial charge in [-0.2, -0.15) is 4.39 Å². The monoisotopic (exact) mass is 549 g/mol. The molecule has 1 fully saturated rings. The molecule has 1 N–H and O–H groups in total. The molecule has 1 aliphatic rings. The first kappa shape index (κ1) is 30.0. The summed E-state index contributed by atoms with van der Waals surface area (Å²) in [5.41, 5.74) is 0.661. The first-order chi connectivity index (χ1) is 18.0. The van der Waals surface area contributed by atoms with Crippen LogP contribution in [0.2, 0.25) is 0 Å². The molecule has 38 heavy (non-hydrogen) atoms. The third kappa shape index (κ3) is 8.22. The Labute approximate surface area is 229 Å². The number of hydrogen-bond acceptors (Lipinski definition) is 5. The normalized spacial score (nSPS) is 16.5. The Kier molecular flexibility index (Phi) is 10.7. The summed E-state index contributed by atoms with van der Waals surface area (Å²) in [4.78, 5) is 31.9. The van der Waals surface area contributed by atoms with E-state index >= 15 is 0 Å². The SMILES string of the molecule is Cc1nc(-c2ccc(F)c(F)c2OCCCCCCCC(=O)N[C@H](C(=O)N2CC[C@@H](C)C2)C(C)(C)C)cs1. The fraction of sp³-hybridized carbons (Fsp3) is 0.621. The summed E-state index contributed by atoms with van der Waals surface area (Å²) >= 11 is 1.44. The first-order valence-electron chi connectivity index (χ1n) is 13.6. The number of halogens is 2. The van der Waals surface area contributed by atoms with Crippen molar-refractivity contribution in [2.45, 2.75) is 85.6 Å². The molecule has 0 spiro atoms. The maximum absolute atomic E-state index is 14.4. The van der Waals surface area contributed by atoms with Crippen molar-refractivity contribution in [2.24, 2.45) is 11.3 Å². The van der Waals surface area contributed by atoms with Crippen LogP contribution in [0.15, 0.2) is 17.5 Å². The number of thiazole rings is 1. The highest BCUT2D eigenvalue weighted by molar-refractivity contribution is 7.09. The van der Waals surface area contributed by atoms with Gasteiger partial charge in [-0.3, -0.25) is 9.59 Å². The minimum atomic E-state index is -0.995. The van der Waals surface area contributed by atoms with Gasteiger partial charge < -0.3 is 15.0 Å². The molecule has 9 heteroatoms. The number of unbranched alkanes of at least 4 members (excludes halogenated alkanes) is 4. The minimum absolute atomic E-state index is 0.0120. The second-order valence-corrected chi connectivity index (χ2v) is 12.5. The standard InChI is InChI=1S/C29H41F2N3O3S/c1-19-14-15-34(17-19)28(36)27(29(3,4)5)33-24(35)11-9-7-6-8-10-16-37-26-21(12-13-22(30)25(26)31)23-18-38-20(2)32-23/h12-13,18-19,27H,6-11,14-17H2,1-5H3,(H,33,35)/t19-,27-/m1/s1. The Morgan fingerprint density at radius 2 is 1.89 bits per heavy atom. The van der Waals surface area contributed by atoms with Crippen molar-refractivity contribution < 1.29 is 23.1 Å². The molecule has 2 amide bonds. The predicted octanol–water partition coefficient (Wildman–Crippen LogP) is 6.52. The quantitative estimate of drug-likeness (QED) is 0.306. The van der Waals surface area contributed by atoms with Crippen molar-refractivity contribution in [3.63, 3.8) is 0 Å². The number of hydrogen-bond donors (Lipinski definition) is 1. The molecule has 1 saturated heterocycles. The second-order valence-electron chi connectivity index (χ2n) is 11.4. The molecule has 0 radical (unpaired) electrons. The molecule has 2 heterocycles. The zero-order chi connectivity index (χ0) is 27.9. The van der Waals surface area contributed by atoms with E-state index in [1.165, 1.54) is 17.4 Å². The van der Waals surface area contributed by atoms with Crippen molar-refractivity contribution in [1.82, 2.24) is 15.2 Å². The number of ether oxygens (including phenoxy) is 1. The Balaban J connectivity index is 1.38. The Hall–Kier alpha value is -2.55. The average Bonchev–Trinajstić information content (AvgIpc) is 3.48. The fourth-order valence-corrected chi connectivity index (χ4v) is 5.27. The number of carbonyl (C=O) groups excluding carboxylic acids is 2. The smallest absolute Gasteiger partial charge is 0.245 e. The molecule has 0 unspecified atom stereocenters. The van der Waals surface area contributed by atoms with Gasteiger partial charge >= 0.3 is 0 Å². The first-order valence-corrected chi connectivity index (χ1v) is 14.5. The number of likely N-dealkylation sites (tertiary alicyclic amines) is 1. The molecule has 1 aromatic carbocycles. The van der Waals surface area contributed by atoms with Crippen LogP contribution in [0, 0.1) is 29.9 Å². The topological polar surface area (TPSA) is 71.5 Å². The number of aryl methyl sites for hydroxylation is 1. The summed E-state index contributed by atoms with van der Waals surface area (Å²) in [5, 5.41) is 5.63. The summed E-state index contributed by atoms with van der Waals surface area (Å²) in [7, 11) is 0. The largest absolute Gasteiger partial charge is 0.490 e. The summed E-state index contributed by atoms with van der Waals surface area (Å²) in [5.74, 6) is -1.63. The Morgan fingerprint density at radius 3 is 2.53 bits per heavy atom. The van der Waals surface area contributed by atoms with Gasteiger partial charge in [0.2, 0.25) is 17.6 Å². The van der Waals surface area contributed by atoms with E-state index in [-0.39, 0.29) is 29.6 Å². The third-order valence-corrected chi connectivity index (χ3v) is 7.67. The van der Waals surface area contributed by atoms with Crippen LogP contribution in [0.1, 0.15) is 77.6 Å². The summed E-state index contributed by atoms with van der Waals surface area (Å²) in [6.45, 7) is 11.7. The van der Waals surface area contributed by atoms with Crippen LogP contribution >= 0.6 is 11.3 Å². The lowest BCUT2D eigenvalue weighted by atomic mass is 9.85. The summed E-state index contributed by atoms with van der Waals surface area (Å²) in [6, 6.07) is 2.06. The van der Waals surface area contributed by atoms with E-state index in [9.17, 15) is 18.4 Å². The molecule has 3 rings (SSSR count). The zero-order valence-electron chi connectivity index (χ0n) is 23.2. The van der Waals surface area contributed by atoms with E-state index in [4.69, 9.17) is 4.74 Å².